The zero-order valence-electron chi connectivity index (χ0n) is 10.3. The maximum Gasteiger partial charge on any atom is 0.273 e. The zero-order valence-corrected chi connectivity index (χ0v) is 11.1. The second-order valence-electron chi connectivity index (χ2n) is 5.12. The quantitative estimate of drug-likeness (QED) is 0.830. The molecule has 1 fully saturated rings. The first-order valence-electron chi connectivity index (χ1n) is 6.00. The van der Waals surface area contributed by atoms with Gasteiger partial charge in [-0.15, -0.1) is 0 Å². The van der Waals surface area contributed by atoms with E-state index in [-0.39, 0.29) is 16.3 Å². The second kappa shape index (κ2) is 4.85. The molecule has 1 saturated carbocycles. The molecule has 2 rings (SSSR count). The van der Waals surface area contributed by atoms with E-state index in [9.17, 15) is 13.2 Å². The number of aldehydes is 1. The van der Waals surface area contributed by atoms with Crippen molar-refractivity contribution in [1.29, 1.82) is 0 Å². The normalized spacial score (nSPS) is 18.9. The fraction of sp³-hybridized carbons (Fsp3) is 0.583. The molecule has 1 aromatic heterocycles. The third kappa shape index (κ3) is 2.81. The van der Waals surface area contributed by atoms with Gasteiger partial charge in [0.25, 0.3) is 10.0 Å². The van der Waals surface area contributed by atoms with E-state index in [2.05, 4.69) is 11.6 Å². The molecule has 0 atom stereocenters. The highest BCUT2D eigenvalue weighted by molar-refractivity contribution is 7.89. The highest BCUT2D eigenvalue weighted by Gasteiger charge is 2.31. The maximum absolute atomic E-state index is 11.9. The number of rotatable bonds is 5. The van der Waals surface area contributed by atoms with Crippen LogP contribution in [0, 0.1) is 5.41 Å². The summed E-state index contributed by atoms with van der Waals surface area (Å²) in [7, 11) is -3.65. The van der Waals surface area contributed by atoms with E-state index < -0.39 is 10.0 Å². The Labute approximate surface area is 107 Å². The average Bonchev–Trinajstić information content (AvgIpc) is 2.96. The first-order chi connectivity index (χ1) is 8.45. The topological polar surface area (TPSA) is 76.4 Å². The Kier molecular flexibility index (Phi) is 3.59. The van der Waals surface area contributed by atoms with Gasteiger partial charge in [0.2, 0.25) is 5.09 Å². The molecule has 100 valence electrons. The summed E-state index contributed by atoms with van der Waals surface area (Å²) < 4.78 is 31.4. The molecule has 1 aliphatic rings. The lowest BCUT2D eigenvalue weighted by Crippen LogP contribution is -2.33. The summed E-state index contributed by atoms with van der Waals surface area (Å²) in [5.41, 5.74) is 0.0349. The maximum atomic E-state index is 11.9. The average molecular weight is 271 g/mol. The fourth-order valence-electron chi connectivity index (χ4n) is 2.29. The van der Waals surface area contributed by atoms with E-state index in [1.807, 2.05) is 0 Å². The molecule has 0 saturated heterocycles. The Morgan fingerprint density at radius 3 is 2.61 bits per heavy atom. The SMILES string of the molecule is CC1(CNS(=O)(=O)c2ccc(C=O)o2)CCCC1. The van der Waals surface area contributed by atoms with Crippen LogP contribution in [0.25, 0.3) is 0 Å². The number of sulfonamides is 1. The predicted octanol–water partition coefficient (Wildman–Crippen LogP) is 1.95. The van der Waals surface area contributed by atoms with Gasteiger partial charge in [-0.05, 0) is 30.4 Å². The van der Waals surface area contributed by atoms with Gasteiger partial charge in [0.05, 0.1) is 0 Å². The molecular formula is C12H17NO4S. The molecule has 0 spiro atoms. The summed E-state index contributed by atoms with van der Waals surface area (Å²) in [6.45, 7) is 2.49. The second-order valence-corrected chi connectivity index (χ2v) is 6.81. The van der Waals surface area contributed by atoms with Crippen molar-refractivity contribution >= 4 is 16.3 Å². The van der Waals surface area contributed by atoms with Crippen LogP contribution in [0.15, 0.2) is 21.6 Å². The number of nitrogens with one attached hydrogen (secondary N) is 1. The van der Waals surface area contributed by atoms with E-state index in [1.54, 1.807) is 0 Å². The molecular weight excluding hydrogens is 254 g/mol. The van der Waals surface area contributed by atoms with E-state index >= 15 is 0 Å². The van der Waals surface area contributed by atoms with Crippen molar-refractivity contribution in [2.75, 3.05) is 6.54 Å². The standard InChI is InChI=1S/C12H17NO4S/c1-12(6-2-3-7-12)9-13-18(15,16)11-5-4-10(8-14)17-11/h4-5,8,13H,2-3,6-7,9H2,1H3. The van der Waals surface area contributed by atoms with Crippen molar-refractivity contribution in [3.05, 3.63) is 17.9 Å². The van der Waals surface area contributed by atoms with E-state index in [0.29, 0.717) is 12.8 Å². The molecule has 0 unspecified atom stereocenters. The Bertz CT molecular complexity index is 526. The monoisotopic (exact) mass is 271 g/mol. The molecule has 0 radical (unpaired) electrons. The third-order valence-electron chi connectivity index (χ3n) is 3.48. The van der Waals surface area contributed by atoms with Crippen LogP contribution in [0.4, 0.5) is 0 Å². The van der Waals surface area contributed by atoms with Crippen LogP contribution in [0.5, 0.6) is 0 Å². The summed E-state index contributed by atoms with van der Waals surface area (Å²) in [4.78, 5) is 10.5. The first kappa shape index (κ1) is 13.3. The molecule has 1 aliphatic carbocycles. The summed E-state index contributed by atoms with van der Waals surface area (Å²) >= 11 is 0. The number of hydrogen-bond donors (Lipinski definition) is 1. The van der Waals surface area contributed by atoms with E-state index in [0.717, 1.165) is 25.7 Å². The van der Waals surface area contributed by atoms with Gasteiger partial charge in [0, 0.05) is 6.54 Å². The van der Waals surface area contributed by atoms with Crippen LogP contribution >= 0.6 is 0 Å². The van der Waals surface area contributed by atoms with Crippen molar-refractivity contribution in [1.82, 2.24) is 4.72 Å². The molecule has 0 aliphatic heterocycles. The lowest BCUT2D eigenvalue weighted by Gasteiger charge is -2.23. The van der Waals surface area contributed by atoms with Gasteiger partial charge >= 0.3 is 0 Å². The lowest BCUT2D eigenvalue weighted by atomic mass is 9.89. The first-order valence-corrected chi connectivity index (χ1v) is 7.48. The highest BCUT2D eigenvalue weighted by Crippen LogP contribution is 2.36. The molecule has 5 nitrogen and oxygen atoms in total. The Morgan fingerprint density at radius 1 is 1.39 bits per heavy atom. The lowest BCUT2D eigenvalue weighted by molar-refractivity contribution is 0.109. The van der Waals surface area contributed by atoms with Crippen molar-refractivity contribution in [3.8, 4) is 0 Å². The number of hydrogen-bond acceptors (Lipinski definition) is 4. The van der Waals surface area contributed by atoms with Gasteiger partial charge in [-0.25, -0.2) is 13.1 Å². The summed E-state index contributed by atoms with van der Waals surface area (Å²) in [5.74, 6) is 0.0162. The molecule has 1 heterocycles. The summed E-state index contributed by atoms with van der Waals surface area (Å²) in [6, 6.07) is 2.64. The molecule has 0 amide bonds. The van der Waals surface area contributed by atoms with E-state index in [1.165, 1.54) is 12.1 Å². The van der Waals surface area contributed by atoms with Crippen molar-refractivity contribution in [2.24, 2.45) is 5.41 Å². The highest BCUT2D eigenvalue weighted by atomic mass is 32.2. The molecule has 18 heavy (non-hydrogen) atoms. The van der Waals surface area contributed by atoms with Crippen LogP contribution in [0.2, 0.25) is 0 Å². The van der Waals surface area contributed by atoms with Gasteiger partial charge in [-0.2, -0.15) is 0 Å². The molecule has 0 aromatic carbocycles. The van der Waals surface area contributed by atoms with Gasteiger partial charge < -0.3 is 4.42 Å². The minimum absolute atomic E-state index is 0.0162. The number of carbonyl (C=O) groups is 1. The largest absolute Gasteiger partial charge is 0.440 e. The van der Waals surface area contributed by atoms with Crippen molar-refractivity contribution < 1.29 is 17.6 Å². The van der Waals surface area contributed by atoms with Gasteiger partial charge in [0.15, 0.2) is 12.0 Å². The minimum Gasteiger partial charge on any atom is -0.440 e. The Morgan fingerprint density at radius 2 is 2.06 bits per heavy atom. The van der Waals surface area contributed by atoms with Crippen molar-refractivity contribution in [3.63, 3.8) is 0 Å². The summed E-state index contributed by atoms with van der Waals surface area (Å²) in [6.07, 6.45) is 4.85. The van der Waals surface area contributed by atoms with Gasteiger partial charge in [-0.3, -0.25) is 4.79 Å². The van der Waals surface area contributed by atoms with Crippen LogP contribution in [-0.4, -0.2) is 21.2 Å². The predicted molar refractivity (Wildman–Crippen MR) is 65.9 cm³/mol. The molecule has 1 aromatic rings. The summed E-state index contributed by atoms with van der Waals surface area (Å²) in [5, 5.41) is -0.203. The van der Waals surface area contributed by atoms with Crippen LogP contribution in [-0.2, 0) is 10.0 Å². The Balaban J connectivity index is 2.05. The smallest absolute Gasteiger partial charge is 0.273 e. The zero-order chi connectivity index (χ0) is 13.2. The fourth-order valence-corrected chi connectivity index (χ4v) is 3.42. The van der Waals surface area contributed by atoms with Crippen LogP contribution in [0.3, 0.4) is 0 Å². The van der Waals surface area contributed by atoms with Gasteiger partial charge in [-0.1, -0.05) is 19.8 Å². The molecule has 1 N–H and O–H groups in total. The minimum atomic E-state index is -3.65. The van der Waals surface area contributed by atoms with Crippen LogP contribution < -0.4 is 4.72 Å². The number of furan rings is 1. The van der Waals surface area contributed by atoms with E-state index in [4.69, 9.17) is 4.42 Å². The molecule has 0 bridgehead atoms. The number of carbonyl (C=O) groups excluding carboxylic acids is 1. The van der Waals surface area contributed by atoms with Crippen LogP contribution in [0.1, 0.15) is 43.2 Å². The third-order valence-corrected chi connectivity index (χ3v) is 4.76. The molecule has 6 heteroatoms. The van der Waals surface area contributed by atoms with Gasteiger partial charge in [0.1, 0.15) is 0 Å². The van der Waals surface area contributed by atoms with Crippen molar-refractivity contribution in [2.45, 2.75) is 37.7 Å². The Hall–Kier alpha value is -1.14.